The number of methoxy groups -OCH3 is 1. The van der Waals surface area contributed by atoms with E-state index in [-0.39, 0.29) is 16.2 Å². The molecule has 2 rings (SSSR count). The van der Waals surface area contributed by atoms with Crippen molar-refractivity contribution in [2.45, 2.75) is 5.92 Å². The van der Waals surface area contributed by atoms with E-state index in [1.165, 1.54) is 7.11 Å². The molecule has 0 saturated heterocycles. The highest BCUT2D eigenvalue weighted by molar-refractivity contribution is 8.06. The molecule has 4 N–H and O–H groups in total. The molecule has 20 heavy (non-hydrogen) atoms. The van der Waals surface area contributed by atoms with E-state index in [9.17, 15) is 10.1 Å². The molecular weight excluding hydrogens is 276 g/mol. The number of carbonyl (C=O) groups is 1. The fraction of sp³-hybridized carbons (Fsp3) is 0.154. The maximum Gasteiger partial charge on any atom is 0.337 e. The number of pyridine rings is 1. The van der Waals surface area contributed by atoms with Crippen molar-refractivity contribution in [2.75, 3.05) is 7.11 Å². The molecule has 0 amide bonds. The lowest BCUT2D eigenvalue weighted by atomic mass is 9.86. The minimum atomic E-state index is -0.628. The van der Waals surface area contributed by atoms with Crippen LogP contribution in [0.3, 0.4) is 0 Å². The zero-order valence-corrected chi connectivity index (χ0v) is 11.5. The van der Waals surface area contributed by atoms with E-state index >= 15 is 0 Å². The van der Waals surface area contributed by atoms with Gasteiger partial charge in [-0.3, -0.25) is 4.98 Å². The van der Waals surface area contributed by atoms with Gasteiger partial charge in [0, 0.05) is 12.4 Å². The second kappa shape index (κ2) is 5.67. The Morgan fingerprint density at radius 2 is 2.05 bits per heavy atom. The lowest BCUT2D eigenvalue weighted by Crippen LogP contribution is -2.24. The fourth-order valence-corrected chi connectivity index (χ4v) is 2.82. The molecule has 7 heteroatoms. The van der Waals surface area contributed by atoms with Gasteiger partial charge < -0.3 is 16.2 Å². The molecule has 6 nitrogen and oxygen atoms in total. The maximum atomic E-state index is 12.0. The standard InChI is InChI=1S/C13H12N4O2S/c1-19-13(18)10-9(7-2-4-17-5-3-7)8(6-14)11(15)20-12(10)16/h2-5,9H,15-16H2,1H3. The molecule has 0 saturated carbocycles. The van der Waals surface area contributed by atoms with E-state index in [1.807, 2.05) is 6.07 Å². The third kappa shape index (κ3) is 2.33. The van der Waals surface area contributed by atoms with Gasteiger partial charge in [0.05, 0.1) is 40.3 Å². The Balaban J connectivity index is 2.63. The number of hydrogen-bond donors (Lipinski definition) is 2. The molecule has 1 aromatic rings. The lowest BCUT2D eigenvalue weighted by Gasteiger charge is -2.25. The number of hydrogen-bond acceptors (Lipinski definition) is 7. The van der Waals surface area contributed by atoms with Gasteiger partial charge in [-0.15, -0.1) is 0 Å². The molecule has 0 spiro atoms. The molecule has 1 aliphatic heterocycles. The van der Waals surface area contributed by atoms with Crippen molar-refractivity contribution in [3.8, 4) is 6.07 Å². The maximum absolute atomic E-state index is 12.0. The number of nitrogens with two attached hydrogens (primary N) is 2. The molecule has 1 unspecified atom stereocenters. The summed E-state index contributed by atoms with van der Waals surface area (Å²) >= 11 is 1.000. The molecule has 1 aliphatic rings. The molecule has 0 fully saturated rings. The number of aromatic nitrogens is 1. The first-order valence-electron chi connectivity index (χ1n) is 5.65. The van der Waals surface area contributed by atoms with Gasteiger partial charge in [0.2, 0.25) is 0 Å². The minimum absolute atomic E-state index is 0.231. The van der Waals surface area contributed by atoms with Crippen molar-refractivity contribution in [1.29, 1.82) is 5.26 Å². The minimum Gasteiger partial charge on any atom is -0.466 e. The van der Waals surface area contributed by atoms with Gasteiger partial charge in [0.25, 0.3) is 0 Å². The van der Waals surface area contributed by atoms with Crippen LogP contribution in [0.1, 0.15) is 11.5 Å². The first kappa shape index (κ1) is 14.0. The molecule has 2 heterocycles. The van der Waals surface area contributed by atoms with Crippen LogP contribution in [0.2, 0.25) is 0 Å². The van der Waals surface area contributed by atoms with Gasteiger partial charge in [-0.1, -0.05) is 11.8 Å². The van der Waals surface area contributed by atoms with Gasteiger partial charge in [0.1, 0.15) is 0 Å². The van der Waals surface area contributed by atoms with Crippen molar-refractivity contribution in [3.05, 3.63) is 51.3 Å². The van der Waals surface area contributed by atoms with Gasteiger partial charge in [-0.2, -0.15) is 5.26 Å². The predicted molar refractivity (Wildman–Crippen MR) is 74.6 cm³/mol. The van der Waals surface area contributed by atoms with Crippen LogP contribution in [0.4, 0.5) is 0 Å². The number of allylic oxidation sites excluding steroid dienone is 1. The van der Waals surface area contributed by atoms with Crippen LogP contribution in [-0.4, -0.2) is 18.1 Å². The van der Waals surface area contributed by atoms with Crippen molar-refractivity contribution in [2.24, 2.45) is 11.5 Å². The highest BCUT2D eigenvalue weighted by Crippen LogP contribution is 2.43. The number of rotatable bonds is 2. The quantitative estimate of drug-likeness (QED) is 0.778. The summed E-state index contributed by atoms with van der Waals surface area (Å²) in [7, 11) is 1.27. The van der Waals surface area contributed by atoms with Crippen LogP contribution in [0.25, 0.3) is 0 Å². The lowest BCUT2D eigenvalue weighted by molar-refractivity contribution is -0.136. The average Bonchev–Trinajstić information content (AvgIpc) is 2.46. The third-order valence-corrected chi connectivity index (χ3v) is 3.77. The fourth-order valence-electron chi connectivity index (χ4n) is 1.99. The van der Waals surface area contributed by atoms with E-state index in [0.717, 1.165) is 11.8 Å². The number of ether oxygens (including phenoxy) is 1. The zero-order chi connectivity index (χ0) is 14.7. The van der Waals surface area contributed by atoms with Gasteiger partial charge in [0.15, 0.2) is 0 Å². The molecule has 0 bridgehead atoms. The highest BCUT2D eigenvalue weighted by Gasteiger charge is 2.35. The van der Waals surface area contributed by atoms with Crippen LogP contribution in [0.5, 0.6) is 0 Å². The van der Waals surface area contributed by atoms with E-state index in [1.54, 1.807) is 24.5 Å². The van der Waals surface area contributed by atoms with Crippen LogP contribution >= 0.6 is 11.8 Å². The topological polar surface area (TPSA) is 115 Å². The molecule has 1 aromatic heterocycles. The second-order valence-corrected chi connectivity index (χ2v) is 5.06. The largest absolute Gasteiger partial charge is 0.466 e. The number of nitrogens with zero attached hydrogens (tertiary/aromatic N) is 2. The molecule has 0 aliphatic carbocycles. The summed E-state index contributed by atoms with van der Waals surface area (Å²) in [4.78, 5) is 15.9. The van der Waals surface area contributed by atoms with E-state index in [4.69, 9.17) is 16.2 Å². The molecule has 0 radical (unpaired) electrons. The van der Waals surface area contributed by atoms with E-state index in [2.05, 4.69) is 4.98 Å². The van der Waals surface area contributed by atoms with Crippen LogP contribution < -0.4 is 11.5 Å². The Hall–Kier alpha value is -2.46. The van der Waals surface area contributed by atoms with E-state index < -0.39 is 11.9 Å². The Bertz CT molecular complexity index is 646. The van der Waals surface area contributed by atoms with Crippen LogP contribution in [0.15, 0.2) is 45.7 Å². The normalized spacial score (nSPS) is 18.7. The first-order valence-corrected chi connectivity index (χ1v) is 6.47. The Morgan fingerprint density at radius 3 is 2.60 bits per heavy atom. The molecule has 1 atom stereocenters. The van der Waals surface area contributed by atoms with Crippen molar-refractivity contribution in [3.63, 3.8) is 0 Å². The van der Waals surface area contributed by atoms with Crippen molar-refractivity contribution in [1.82, 2.24) is 4.98 Å². The first-order chi connectivity index (χ1) is 9.60. The zero-order valence-electron chi connectivity index (χ0n) is 10.7. The monoisotopic (exact) mass is 288 g/mol. The third-order valence-electron chi connectivity index (χ3n) is 2.89. The number of thioether (sulfide) groups is 1. The molecule has 0 aromatic carbocycles. The smallest absolute Gasteiger partial charge is 0.337 e. The number of esters is 1. The summed E-state index contributed by atoms with van der Waals surface area (Å²) in [5.41, 5.74) is 13.0. The average molecular weight is 288 g/mol. The summed E-state index contributed by atoms with van der Waals surface area (Å²) in [5, 5.41) is 9.86. The van der Waals surface area contributed by atoms with Gasteiger partial charge >= 0.3 is 5.97 Å². The SMILES string of the molecule is COC(=O)C1=C(N)SC(N)=C(C#N)C1c1ccncc1. The van der Waals surface area contributed by atoms with Gasteiger partial charge in [-0.25, -0.2) is 4.79 Å². The Morgan fingerprint density at radius 1 is 1.40 bits per heavy atom. The molecular formula is C13H12N4O2S. The van der Waals surface area contributed by atoms with Crippen molar-refractivity contribution < 1.29 is 9.53 Å². The summed E-state index contributed by atoms with van der Waals surface area (Å²) in [6.45, 7) is 0. The summed E-state index contributed by atoms with van der Waals surface area (Å²) in [5.74, 6) is -1.20. The second-order valence-electron chi connectivity index (χ2n) is 3.97. The molecule has 102 valence electrons. The van der Waals surface area contributed by atoms with E-state index in [0.29, 0.717) is 10.6 Å². The summed E-state index contributed by atoms with van der Waals surface area (Å²) in [6, 6.07) is 5.47. The van der Waals surface area contributed by atoms with Crippen molar-refractivity contribution >= 4 is 17.7 Å². The van der Waals surface area contributed by atoms with Crippen LogP contribution in [0, 0.1) is 11.3 Å². The number of nitriles is 1. The Kier molecular flexibility index (Phi) is 3.96. The van der Waals surface area contributed by atoms with Gasteiger partial charge in [-0.05, 0) is 17.7 Å². The highest BCUT2D eigenvalue weighted by atomic mass is 32.2. The Labute approximate surface area is 120 Å². The number of carbonyl (C=O) groups excluding carboxylic acids is 1. The summed E-state index contributed by atoms with van der Waals surface area (Å²) in [6.07, 6.45) is 3.15. The summed E-state index contributed by atoms with van der Waals surface area (Å²) < 4.78 is 4.76. The van der Waals surface area contributed by atoms with Crippen LogP contribution in [-0.2, 0) is 9.53 Å². The predicted octanol–water partition coefficient (Wildman–Crippen LogP) is 0.949.